The molecule has 170 valence electrons. The van der Waals surface area contributed by atoms with Gasteiger partial charge in [0.15, 0.2) is 5.60 Å². The van der Waals surface area contributed by atoms with Crippen LogP contribution in [0.5, 0.6) is 0 Å². The summed E-state index contributed by atoms with van der Waals surface area (Å²) in [4.78, 5) is 11.5. The number of carboxylic acids is 1. The third-order valence-electron chi connectivity index (χ3n) is 6.04. The standard InChI is InChI=1S/C24H48O3.H3N/c1-4-6-8-10-12-14-16-18-20-22(24(3,27)23(25)26)21-19-17-15-13-11-9-7-5-2;/h22,27H,4-21H2,1-3H3,(H,25,26);1H3. The number of carboxylic acid groups (broad SMARTS) is 1. The number of rotatable bonds is 20. The molecular formula is C24H51NO3. The molecule has 0 saturated heterocycles. The van der Waals surface area contributed by atoms with Gasteiger partial charge in [-0.1, -0.05) is 117 Å². The van der Waals surface area contributed by atoms with Crippen LogP contribution in [-0.4, -0.2) is 21.8 Å². The van der Waals surface area contributed by atoms with Gasteiger partial charge in [-0.15, -0.1) is 0 Å². The summed E-state index contributed by atoms with van der Waals surface area (Å²) in [6.07, 6.45) is 21.7. The first kappa shape index (κ1) is 29.6. The fourth-order valence-corrected chi connectivity index (χ4v) is 3.93. The molecule has 0 heterocycles. The van der Waals surface area contributed by atoms with Gasteiger partial charge < -0.3 is 16.4 Å². The van der Waals surface area contributed by atoms with Crippen LogP contribution in [0.4, 0.5) is 0 Å². The molecule has 0 saturated carbocycles. The van der Waals surface area contributed by atoms with Crippen molar-refractivity contribution in [3.63, 3.8) is 0 Å². The molecular weight excluding hydrogens is 350 g/mol. The minimum atomic E-state index is -1.58. The summed E-state index contributed by atoms with van der Waals surface area (Å²) in [6, 6.07) is 0. The molecule has 0 fully saturated rings. The lowest BCUT2D eigenvalue weighted by Crippen LogP contribution is -2.43. The predicted octanol–water partition coefficient (Wildman–Crippen LogP) is 7.66. The Kier molecular flexibility index (Phi) is 20.8. The molecule has 0 bridgehead atoms. The van der Waals surface area contributed by atoms with E-state index >= 15 is 0 Å². The van der Waals surface area contributed by atoms with Gasteiger partial charge in [0.05, 0.1) is 0 Å². The monoisotopic (exact) mass is 401 g/mol. The van der Waals surface area contributed by atoms with E-state index in [0.29, 0.717) is 0 Å². The van der Waals surface area contributed by atoms with E-state index in [4.69, 9.17) is 0 Å². The maximum absolute atomic E-state index is 11.5. The summed E-state index contributed by atoms with van der Waals surface area (Å²) >= 11 is 0. The van der Waals surface area contributed by atoms with Gasteiger partial charge in [-0.3, -0.25) is 0 Å². The molecule has 5 N–H and O–H groups in total. The quantitative estimate of drug-likeness (QED) is 0.182. The summed E-state index contributed by atoms with van der Waals surface area (Å²) in [7, 11) is 0. The zero-order valence-corrected chi connectivity index (χ0v) is 19.3. The number of hydrogen-bond acceptors (Lipinski definition) is 3. The zero-order valence-electron chi connectivity index (χ0n) is 19.3. The third-order valence-corrected chi connectivity index (χ3v) is 6.04. The number of aliphatic carboxylic acids is 1. The van der Waals surface area contributed by atoms with Crippen molar-refractivity contribution in [2.45, 2.75) is 142 Å². The Morgan fingerprint density at radius 2 is 0.964 bits per heavy atom. The molecule has 0 aromatic rings. The summed E-state index contributed by atoms with van der Waals surface area (Å²) in [5.41, 5.74) is -1.58. The molecule has 0 aliphatic rings. The molecule has 4 nitrogen and oxygen atoms in total. The lowest BCUT2D eigenvalue weighted by atomic mass is 9.81. The molecule has 0 aliphatic heterocycles. The number of aliphatic hydroxyl groups is 1. The van der Waals surface area contributed by atoms with Gasteiger partial charge in [0.25, 0.3) is 0 Å². The number of carbonyl (C=O) groups is 1. The Balaban J connectivity index is 0. The van der Waals surface area contributed by atoms with Gasteiger partial charge in [0, 0.05) is 0 Å². The molecule has 0 aliphatic carbocycles. The second-order valence-corrected chi connectivity index (χ2v) is 8.68. The molecule has 1 atom stereocenters. The molecule has 0 rings (SSSR count). The van der Waals surface area contributed by atoms with Gasteiger partial charge in [-0.25, -0.2) is 4.79 Å². The Morgan fingerprint density at radius 1 is 0.679 bits per heavy atom. The van der Waals surface area contributed by atoms with Crippen molar-refractivity contribution >= 4 is 5.97 Å². The number of unbranched alkanes of at least 4 members (excludes halogenated alkanes) is 14. The van der Waals surface area contributed by atoms with E-state index in [0.717, 1.165) is 38.5 Å². The highest BCUT2D eigenvalue weighted by Gasteiger charge is 2.38. The van der Waals surface area contributed by atoms with Gasteiger partial charge >= 0.3 is 5.97 Å². The van der Waals surface area contributed by atoms with Crippen LogP contribution in [-0.2, 0) is 4.79 Å². The van der Waals surface area contributed by atoms with Crippen LogP contribution in [0.15, 0.2) is 0 Å². The Bertz CT molecular complexity index is 325. The molecule has 28 heavy (non-hydrogen) atoms. The van der Waals surface area contributed by atoms with E-state index in [2.05, 4.69) is 13.8 Å². The largest absolute Gasteiger partial charge is 0.479 e. The summed E-state index contributed by atoms with van der Waals surface area (Å²) < 4.78 is 0. The Labute approximate surface area is 175 Å². The van der Waals surface area contributed by atoms with Crippen molar-refractivity contribution in [3.05, 3.63) is 0 Å². The maximum Gasteiger partial charge on any atom is 0.335 e. The third kappa shape index (κ3) is 15.3. The zero-order chi connectivity index (χ0) is 20.4. The van der Waals surface area contributed by atoms with Crippen LogP contribution < -0.4 is 6.15 Å². The first-order valence-corrected chi connectivity index (χ1v) is 11.9. The highest BCUT2D eigenvalue weighted by atomic mass is 16.4. The normalized spacial score (nSPS) is 13.3. The highest BCUT2D eigenvalue weighted by Crippen LogP contribution is 2.29. The van der Waals surface area contributed by atoms with Crippen molar-refractivity contribution in [2.24, 2.45) is 5.92 Å². The molecule has 0 aromatic heterocycles. The lowest BCUT2D eigenvalue weighted by molar-refractivity contribution is -0.163. The molecule has 0 spiro atoms. The van der Waals surface area contributed by atoms with E-state index in [9.17, 15) is 15.0 Å². The maximum atomic E-state index is 11.5. The summed E-state index contributed by atoms with van der Waals surface area (Å²) in [5, 5.41) is 19.9. The number of hydrogen-bond donors (Lipinski definition) is 3. The van der Waals surface area contributed by atoms with Crippen LogP contribution in [0.1, 0.15) is 136 Å². The van der Waals surface area contributed by atoms with Gasteiger partial charge in [-0.05, 0) is 25.7 Å². The molecule has 4 heteroatoms. The fraction of sp³-hybridized carbons (Fsp3) is 0.958. The Morgan fingerprint density at radius 3 is 1.25 bits per heavy atom. The second-order valence-electron chi connectivity index (χ2n) is 8.68. The minimum Gasteiger partial charge on any atom is -0.479 e. The lowest BCUT2D eigenvalue weighted by Gasteiger charge is -2.29. The first-order valence-electron chi connectivity index (χ1n) is 11.9. The van der Waals surface area contributed by atoms with E-state index in [1.54, 1.807) is 0 Å². The van der Waals surface area contributed by atoms with Crippen molar-refractivity contribution in [3.8, 4) is 0 Å². The van der Waals surface area contributed by atoms with Crippen LogP contribution in [0, 0.1) is 5.92 Å². The van der Waals surface area contributed by atoms with Crippen molar-refractivity contribution < 1.29 is 15.0 Å². The smallest absolute Gasteiger partial charge is 0.335 e. The molecule has 1 unspecified atom stereocenters. The van der Waals surface area contributed by atoms with Crippen molar-refractivity contribution in [1.82, 2.24) is 6.15 Å². The van der Waals surface area contributed by atoms with Crippen molar-refractivity contribution in [1.29, 1.82) is 0 Å². The highest BCUT2D eigenvalue weighted by molar-refractivity contribution is 5.76. The summed E-state index contributed by atoms with van der Waals surface area (Å²) in [5.74, 6) is -1.18. The van der Waals surface area contributed by atoms with Gasteiger partial charge in [0.2, 0.25) is 0 Å². The Hall–Kier alpha value is -0.610. The molecule has 0 aromatic carbocycles. The van der Waals surface area contributed by atoms with E-state index < -0.39 is 11.6 Å². The topological polar surface area (TPSA) is 92.5 Å². The van der Waals surface area contributed by atoms with Crippen LogP contribution in [0.25, 0.3) is 0 Å². The molecule has 0 radical (unpaired) electrons. The van der Waals surface area contributed by atoms with E-state index in [1.807, 2.05) is 0 Å². The van der Waals surface area contributed by atoms with E-state index in [1.165, 1.54) is 84.0 Å². The summed E-state index contributed by atoms with van der Waals surface area (Å²) in [6.45, 7) is 5.97. The van der Waals surface area contributed by atoms with Crippen molar-refractivity contribution in [2.75, 3.05) is 0 Å². The average molecular weight is 402 g/mol. The van der Waals surface area contributed by atoms with Gasteiger partial charge in [-0.2, -0.15) is 0 Å². The average Bonchev–Trinajstić information content (AvgIpc) is 2.63. The first-order chi connectivity index (χ1) is 13.0. The van der Waals surface area contributed by atoms with Crippen LogP contribution in [0.3, 0.4) is 0 Å². The molecule has 0 amide bonds. The van der Waals surface area contributed by atoms with Crippen LogP contribution in [0.2, 0.25) is 0 Å². The van der Waals surface area contributed by atoms with Crippen LogP contribution >= 0.6 is 0 Å². The fourth-order valence-electron chi connectivity index (χ4n) is 3.93. The second kappa shape index (κ2) is 19.7. The SMILES string of the molecule is CCCCCCCCCCC(CCCCCCCCCC)C(C)(O)C(=O)O.N. The van der Waals surface area contributed by atoms with E-state index in [-0.39, 0.29) is 12.1 Å². The minimum absolute atomic E-state index is 0. The predicted molar refractivity (Wildman–Crippen MR) is 121 cm³/mol. The van der Waals surface area contributed by atoms with Gasteiger partial charge in [0.1, 0.15) is 0 Å².